The smallest absolute Gasteiger partial charge is 0.133 e. The van der Waals surface area contributed by atoms with Gasteiger partial charge in [0, 0.05) is 12.6 Å². The number of hydrogen-bond donors (Lipinski definition) is 3. The van der Waals surface area contributed by atoms with Gasteiger partial charge < -0.3 is 19.9 Å². The van der Waals surface area contributed by atoms with Gasteiger partial charge >= 0.3 is 0 Å². The fraction of sp³-hybridized carbons (Fsp3) is 0.667. The molecular weight excluding hydrogens is 206 g/mol. The highest BCUT2D eigenvalue weighted by Gasteiger charge is 2.14. The lowest BCUT2D eigenvalue weighted by Gasteiger charge is -2.19. The Hall–Kier alpha value is -0.840. The first kappa shape index (κ1) is 13.2. The van der Waals surface area contributed by atoms with Gasteiger partial charge in [0.05, 0.1) is 12.9 Å². The molecule has 2 unspecified atom stereocenters. The first-order valence-electron chi connectivity index (χ1n) is 5.69. The summed E-state index contributed by atoms with van der Waals surface area (Å²) in [6.07, 6.45) is 1.77. The standard InChI is InChI=1S/C12H21NO3/c1-9(2)6-10(8-14)13-7-11(15)12-4-3-5-16-12/h3-5,9-11,13-15H,6-8H2,1-2H3. The average molecular weight is 227 g/mol. The topological polar surface area (TPSA) is 65.6 Å². The molecule has 4 nitrogen and oxygen atoms in total. The number of rotatable bonds is 7. The van der Waals surface area contributed by atoms with Crippen molar-refractivity contribution in [2.24, 2.45) is 5.92 Å². The van der Waals surface area contributed by atoms with E-state index in [1.165, 1.54) is 6.26 Å². The third kappa shape index (κ3) is 4.35. The van der Waals surface area contributed by atoms with E-state index in [1.54, 1.807) is 12.1 Å². The van der Waals surface area contributed by atoms with Gasteiger partial charge in [-0.25, -0.2) is 0 Å². The maximum absolute atomic E-state index is 9.75. The van der Waals surface area contributed by atoms with Crippen molar-refractivity contribution < 1.29 is 14.6 Å². The van der Waals surface area contributed by atoms with Crippen LogP contribution in [0.5, 0.6) is 0 Å². The summed E-state index contributed by atoms with van der Waals surface area (Å²) in [5, 5.41) is 22.0. The molecule has 0 saturated heterocycles. The second-order valence-electron chi connectivity index (χ2n) is 4.45. The van der Waals surface area contributed by atoms with Gasteiger partial charge in [-0.05, 0) is 24.5 Å². The lowest BCUT2D eigenvalue weighted by Crippen LogP contribution is -2.36. The molecule has 0 saturated carbocycles. The molecule has 1 heterocycles. The fourth-order valence-corrected chi connectivity index (χ4v) is 1.65. The molecule has 0 aliphatic heterocycles. The van der Waals surface area contributed by atoms with E-state index in [2.05, 4.69) is 19.2 Å². The molecule has 1 rings (SSSR count). The average Bonchev–Trinajstić information content (AvgIpc) is 2.76. The van der Waals surface area contributed by atoms with E-state index in [1.807, 2.05) is 0 Å². The van der Waals surface area contributed by atoms with E-state index < -0.39 is 6.10 Å². The van der Waals surface area contributed by atoms with Crippen molar-refractivity contribution in [3.63, 3.8) is 0 Å². The van der Waals surface area contributed by atoms with E-state index >= 15 is 0 Å². The molecule has 0 bridgehead atoms. The molecule has 0 spiro atoms. The molecule has 3 N–H and O–H groups in total. The molecule has 0 fully saturated rings. The van der Waals surface area contributed by atoms with Crippen LogP contribution >= 0.6 is 0 Å². The van der Waals surface area contributed by atoms with Crippen molar-refractivity contribution in [2.75, 3.05) is 13.2 Å². The minimum atomic E-state index is -0.656. The van der Waals surface area contributed by atoms with Crippen LogP contribution in [0.2, 0.25) is 0 Å². The van der Waals surface area contributed by atoms with E-state index in [0.717, 1.165) is 6.42 Å². The van der Waals surface area contributed by atoms with Crippen LogP contribution in [0.4, 0.5) is 0 Å². The van der Waals surface area contributed by atoms with Crippen LogP contribution in [-0.2, 0) is 0 Å². The SMILES string of the molecule is CC(C)CC(CO)NCC(O)c1ccco1. The van der Waals surface area contributed by atoms with E-state index in [-0.39, 0.29) is 12.6 Å². The summed E-state index contributed by atoms with van der Waals surface area (Å²) in [7, 11) is 0. The van der Waals surface area contributed by atoms with Crippen molar-refractivity contribution in [1.29, 1.82) is 0 Å². The summed E-state index contributed by atoms with van der Waals surface area (Å²) in [6.45, 7) is 4.69. The molecule has 1 aromatic rings. The summed E-state index contributed by atoms with van der Waals surface area (Å²) in [6, 6.07) is 3.52. The highest BCUT2D eigenvalue weighted by atomic mass is 16.4. The molecule has 0 radical (unpaired) electrons. The minimum Gasteiger partial charge on any atom is -0.467 e. The van der Waals surface area contributed by atoms with Crippen LogP contribution in [0.15, 0.2) is 22.8 Å². The summed E-state index contributed by atoms with van der Waals surface area (Å²) in [5.74, 6) is 1.07. The van der Waals surface area contributed by atoms with Gasteiger partial charge in [0.2, 0.25) is 0 Å². The van der Waals surface area contributed by atoms with E-state index in [4.69, 9.17) is 9.52 Å². The number of furan rings is 1. The Morgan fingerprint density at radius 2 is 2.19 bits per heavy atom. The monoisotopic (exact) mass is 227 g/mol. The van der Waals surface area contributed by atoms with Gasteiger partial charge in [-0.1, -0.05) is 13.8 Å². The molecular formula is C12H21NO3. The lowest BCUT2D eigenvalue weighted by molar-refractivity contribution is 0.133. The Bertz CT molecular complexity index is 272. The normalized spacial score (nSPS) is 15.3. The third-order valence-corrected chi connectivity index (χ3v) is 2.45. The van der Waals surface area contributed by atoms with Crippen LogP contribution in [0.25, 0.3) is 0 Å². The predicted molar refractivity (Wildman–Crippen MR) is 62.0 cm³/mol. The highest BCUT2D eigenvalue weighted by molar-refractivity contribution is 5.02. The Labute approximate surface area is 96.3 Å². The number of aliphatic hydroxyl groups is 2. The number of hydrogen-bond acceptors (Lipinski definition) is 4. The summed E-state index contributed by atoms with van der Waals surface area (Å²) in [5.41, 5.74) is 0. The van der Waals surface area contributed by atoms with Gasteiger partial charge in [-0.3, -0.25) is 0 Å². The maximum Gasteiger partial charge on any atom is 0.133 e. The Balaban J connectivity index is 2.32. The molecule has 2 atom stereocenters. The van der Waals surface area contributed by atoms with Gasteiger partial charge in [-0.15, -0.1) is 0 Å². The molecule has 92 valence electrons. The Kier molecular flexibility index (Phi) is 5.52. The second kappa shape index (κ2) is 6.68. The highest BCUT2D eigenvalue weighted by Crippen LogP contribution is 2.12. The van der Waals surface area contributed by atoms with E-state index in [9.17, 15) is 5.11 Å². The Morgan fingerprint density at radius 1 is 1.44 bits per heavy atom. The zero-order valence-corrected chi connectivity index (χ0v) is 9.89. The predicted octanol–water partition coefficient (Wildman–Crippen LogP) is 1.31. The molecule has 1 aromatic heterocycles. The second-order valence-corrected chi connectivity index (χ2v) is 4.45. The third-order valence-electron chi connectivity index (χ3n) is 2.45. The van der Waals surface area contributed by atoms with E-state index in [0.29, 0.717) is 18.2 Å². The fourth-order valence-electron chi connectivity index (χ4n) is 1.65. The van der Waals surface area contributed by atoms with Gasteiger partial charge in [0.25, 0.3) is 0 Å². The molecule has 0 aliphatic rings. The van der Waals surface area contributed by atoms with Crippen molar-refractivity contribution in [3.8, 4) is 0 Å². The summed E-state index contributed by atoms with van der Waals surface area (Å²) < 4.78 is 5.09. The lowest BCUT2D eigenvalue weighted by atomic mass is 10.0. The van der Waals surface area contributed by atoms with Crippen molar-refractivity contribution in [3.05, 3.63) is 24.2 Å². The summed E-state index contributed by atoms with van der Waals surface area (Å²) in [4.78, 5) is 0. The van der Waals surface area contributed by atoms with Crippen molar-refractivity contribution in [2.45, 2.75) is 32.4 Å². The number of aliphatic hydroxyl groups excluding tert-OH is 2. The van der Waals surface area contributed by atoms with Crippen molar-refractivity contribution in [1.82, 2.24) is 5.32 Å². The molecule has 4 heteroatoms. The zero-order chi connectivity index (χ0) is 12.0. The number of nitrogens with one attached hydrogen (secondary N) is 1. The molecule has 0 amide bonds. The molecule has 0 aromatic carbocycles. The van der Waals surface area contributed by atoms with Crippen LogP contribution in [0, 0.1) is 5.92 Å². The van der Waals surface area contributed by atoms with Crippen molar-refractivity contribution >= 4 is 0 Å². The van der Waals surface area contributed by atoms with Crippen LogP contribution in [0.3, 0.4) is 0 Å². The van der Waals surface area contributed by atoms with Crippen LogP contribution in [0.1, 0.15) is 32.1 Å². The van der Waals surface area contributed by atoms with Crippen LogP contribution in [-0.4, -0.2) is 29.4 Å². The maximum atomic E-state index is 9.75. The minimum absolute atomic E-state index is 0.0320. The molecule has 16 heavy (non-hydrogen) atoms. The molecule has 0 aliphatic carbocycles. The van der Waals surface area contributed by atoms with Gasteiger partial charge in [0.1, 0.15) is 11.9 Å². The first-order chi connectivity index (χ1) is 7.63. The quantitative estimate of drug-likeness (QED) is 0.657. The zero-order valence-electron chi connectivity index (χ0n) is 9.89. The Morgan fingerprint density at radius 3 is 2.69 bits per heavy atom. The largest absolute Gasteiger partial charge is 0.467 e. The van der Waals surface area contributed by atoms with Gasteiger partial charge in [0.15, 0.2) is 0 Å². The van der Waals surface area contributed by atoms with Gasteiger partial charge in [-0.2, -0.15) is 0 Å². The van der Waals surface area contributed by atoms with Crippen LogP contribution < -0.4 is 5.32 Å². The first-order valence-corrected chi connectivity index (χ1v) is 5.69. The summed E-state index contributed by atoms with van der Waals surface area (Å²) >= 11 is 0.